The predicted molar refractivity (Wildman–Crippen MR) is 88.6 cm³/mol. The van der Waals surface area contributed by atoms with Crippen LogP contribution in [0, 0.1) is 5.41 Å². The van der Waals surface area contributed by atoms with Gasteiger partial charge in [-0.1, -0.05) is 46.1 Å². The lowest BCUT2D eigenvalue weighted by Gasteiger charge is -2.36. The van der Waals surface area contributed by atoms with Crippen LogP contribution in [0.3, 0.4) is 0 Å². The predicted octanol–water partition coefficient (Wildman–Crippen LogP) is 5.20. The van der Waals surface area contributed by atoms with Crippen molar-refractivity contribution in [1.82, 2.24) is 0 Å². The Morgan fingerprint density at radius 2 is 1.50 bits per heavy atom. The summed E-state index contributed by atoms with van der Waals surface area (Å²) < 4.78 is 11.7. The van der Waals surface area contributed by atoms with E-state index in [1.807, 2.05) is 6.08 Å². The summed E-state index contributed by atoms with van der Waals surface area (Å²) in [4.78, 5) is 0. The van der Waals surface area contributed by atoms with Gasteiger partial charge >= 0.3 is 0 Å². The van der Waals surface area contributed by atoms with E-state index >= 15 is 0 Å². The minimum atomic E-state index is -0.139. The van der Waals surface area contributed by atoms with Gasteiger partial charge in [-0.3, -0.25) is 0 Å². The lowest BCUT2D eigenvalue weighted by atomic mass is 9.81. The maximum Gasteiger partial charge on any atom is 0.0613 e. The number of rotatable bonds is 14. The molecule has 0 spiro atoms. The molecule has 0 aromatic carbocycles. The summed E-state index contributed by atoms with van der Waals surface area (Å²) in [5, 5.41) is -0.106. The fourth-order valence-corrected chi connectivity index (χ4v) is 2.51. The standard InChI is InChI=1S/C17H33ClO2/c1-5-9-12-19-14-17(11-7-3,16(18)8-4)15-20-13-10-6-2/h8,16H,4-7,9-15H2,1-3H3. The summed E-state index contributed by atoms with van der Waals surface area (Å²) in [6.07, 6.45) is 8.40. The van der Waals surface area contributed by atoms with Gasteiger partial charge in [0.25, 0.3) is 0 Å². The van der Waals surface area contributed by atoms with E-state index in [2.05, 4.69) is 27.4 Å². The molecule has 0 saturated carbocycles. The van der Waals surface area contributed by atoms with Gasteiger partial charge in [0, 0.05) is 18.6 Å². The molecule has 0 aliphatic carbocycles. The maximum atomic E-state index is 6.51. The highest BCUT2D eigenvalue weighted by Crippen LogP contribution is 2.34. The third-order valence-corrected chi connectivity index (χ3v) is 4.24. The number of alkyl halides is 1. The van der Waals surface area contributed by atoms with Gasteiger partial charge < -0.3 is 9.47 Å². The van der Waals surface area contributed by atoms with Gasteiger partial charge in [0.2, 0.25) is 0 Å². The lowest BCUT2D eigenvalue weighted by Crippen LogP contribution is -2.40. The number of halogens is 1. The third-order valence-electron chi connectivity index (χ3n) is 3.60. The Bertz CT molecular complexity index is 219. The minimum absolute atomic E-state index is 0.106. The summed E-state index contributed by atoms with van der Waals surface area (Å²) in [5.74, 6) is 0. The highest BCUT2D eigenvalue weighted by Gasteiger charge is 2.36. The number of hydrogen-bond donors (Lipinski definition) is 0. The zero-order chi connectivity index (χ0) is 15.3. The Morgan fingerprint density at radius 1 is 1.00 bits per heavy atom. The van der Waals surface area contributed by atoms with Gasteiger partial charge in [0.05, 0.1) is 18.6 Å². The molecule has 120 valence electrons. The van der Waals surface area contributed by atoms with Crippen LogP contribution in [0.15, 0.2) is 12.7 Å². The molecule has 3 heteroatoms. The first-order valence-electron chi connectivity index (χ1n) is 8.09. The van der Waals surface area contributed by atoms with Gasteiger partial charge in [-0.25, -0.2) is 0 Å². The molecule has 0 rings (SSSR count). The Morgan fingerprint density at radius 3 is 1.85 bits per heavy atom. The number of unbranched alkanes of at least 4 members (excludes halogenated alkanes) is 2. The molecular formula is C17H33ClO2. The topological polar surface area (TPSA) is 18.5 Å². The minimum Gasteiger partial charge on any atom is -0.381 e. The van der Waals surface area contributed by atoms with Crippen molar-refractivity contribution in [1.29, 1.82) is 0 Å². The molecule has 0 radical (unpaired) electrons. The largest absolute Gasteiger partial charge is 0.381 e. The maximum absolute atomic E-state index is 6.51. The molecule has 20 heavy (non-hydrogen) atoms. The summed E-state index contributed by atoms with van der Waals surface area (Å²) in [7, 11) is 0. The molecule has 0 heterocycles. The first-order chi connectivity index (χ1) is 9.66. The van der Waals surface area contributed by atoms with Crippen LogP contribution in [-0.4, -0.2) is 31.8 Å². The van der Waals surface area contributed by atoms with E-state index < -0.39 is 0 Å². The molecule has 0 aromatic heterocycles. The van der Waals surface area contributed by atoms with Crippen molar-refractivity contribution in [3.8, 4) is 0 Å². The Hall–Kier alpha value is -0.0500. The van der Waals surface area contributed by atoms with Crippen LogP contribution in [0.2, 0.25) is 0 Å². The van der Waals surface area contributed by atoms with Crippen molar-refractivity contribution in [2.75, 3.05) is 26.4 Å². The Balaban J connectivity index is 4.53. The Kier molecular flexibility index (Phi) is 12.6. The zero-order valence-electron chi connectivity index (χ0n) is 13.6. The van der Waals surface area contributed by atoms with Gasteiger partial charge in [-0.2, -0.15) is 0 Å². The number of allylic oxidation sites excluding steroid dienone is 1. The molecule has 0 bridgehead atoms. The molecular weight excluding hydrogens is 272 g/mol. The van der Waals surface area contributed by atoms with Crippen LogP contribution in [0.25, 0.3) is 0 Å². The quantitative estimate of drug-likeness (QED) is 0.249. The highest BCUT2D eigenvalue weighted by atomic mass is 35.5. The van der Waals surface area contributed by atoms with Gasteiger partial charge in [0.1, 0.15) is 0 Å². The second kappa shape index (κ2) is 12.7. The molecule has 0 amide bonds. The van der Waals surface area contributed by atoms with Crippen LogP contribution >= 0.6 is 11.6 Å². The van der Waals surface area contributed by atoms with E-state index in [-0.39, 0.29) is 10.8 Å². The van der Waals surface area contributed by atoms with Crippen LogP contribution < -0.4 is 0 Å². The second-order valence-corrected chi connectivity index (χ2v) is 6.03. The van der Waals surface area contributed by atoms with E-state index in [0.29, 0.717) is 13.2 Å². The Labute approximate surface area is 130 Å². The van der Waals surface area contributed by atoms with Crippen molar-refractivity contribution >= 4 is 11.6 Å². The normalized spacial score (nSPS) is 13.4. The van der Waals surface area contributed by atoms with Crippen molar-refractivity contribution in [3.63, 3.8) is 0 Å². The van der Waals surface area contributed by atoms with Crippen molar-refractivity contribution in [2.24, 2.45) is 5.41 Å². The fraction of sp³-hybridized carbons (Fsp3) is 0.882. The average Bonchev–Trinajstić information content (AvgIpc) is 2.47. The van der Waals surface area contributed by atoms with Gasteiger partial charge in [0.15, 0.2) is 0 Å². The summed E-state index contributed by atoms with van der Waals surface area (Å²) >= 11 is 6.51. The molecule has 0 aliphatic rings. The van der Waals surface area contributed by atoms with Crippen molar-refractivity contribution in [3.05, 3.63) is 12.7 Å². The highest BCUT2D eigenvalue weighted by molar-refractivity contribution is 6.22. The molecule has 0 aromatic rings. The first kappa shape index (κ1) is 19.9. The molecule has 0 fully saturated rings. The van der Waals surface area contributed by atoms with Crippen LogP contribution in [0.4, 0.5) is 0 Å². The van der Waals surface area contributed by atoms with E-state index in [1.165, 1.54) is 0 Å². The third kappa shape index (κ3) is 7.66. The molecule has 1 atom stereocenters. The smallest absolute Gasteiger partial charge is 0.0613 e. The van der Waals surface area contributed by atoms with Gasteiger partial charge in [-0.15, -0.1) is 18.2 Å². The lowest BCUT2D eigenvalue weighted by molar-refractivity contribution is -0.0256. The van der Waals surface area contributed by atoms with E-state index in [1.54, 1.807) is 0 Å². The fourth-order valence-electron chi connectivity index (χ4n) is 2.27. The number of ether oxygens (including phenoxy) is 2. The summed E-state index contributed by atoms with van der Waals surface area (Å²) in [5.41, 5.74) is -0.139. The molecule has 2 nitrogen and oxygen atoms in total. The van der Waals surface area contributed by atoms with E-state index in [4.69, 9.17) is 21.1 Å². The average molecular weight is 305 g/mol. The molecule has 0 N–H and O–H groups in total. The van der Waals surface area contributed by atoms with E-state index in [9.17, 15) is 0 Å². The molecule has 0 aliphatic heterocycles. The van der Waals surface area contributed by atoms with E-state index in [0.717, 1.165) is 51.7 Å². The van der Waals surface area contributed by atoms with Crippen LogP contribution in [0.5, 0.6) is 0 Å². The van der Waals surface area contributed by atoms with Gasteiger partial charge in [-0.05, 0) is 19.3 Å². The second-order valence-electron chi connectivity index (χ2n) is 5.56. The van der Waals surface area contributed by atoms with Crippen LogP contribution in [0.1, 0.15) is 59.3 Å². The van der Waals surface area contributed by atoms with Crippen LogP contribution in [-0.2, 0) is 9.47 Å². The first-order valence-corrected chi connectivity index (χ1v) is 8.52. The van der Waals surface area contributed by atoms with Crippen molar-refractivity contribution in [2.45, 2.75) is 64.7 Å². The zero-order valence-corrected chi connectivity index (χ0v) is 14.4. The molecule has 0 saturated heterocycles. The SMILES string of the molecule is C=CC(Cl)C(CCC)(COCCCC)COCCCC. The molecule has 1 unspecified atom stereocenters. The number of hydrogen-bond acceptors (Lipinski definition) is 2. The summed E-state index contributed by atoms with van der Waals surface area (Å²) in [6.45, 7) is 13.3. The van der Waals surface area contributed by atoms with Crippen molar-refractivity contribution < 1.29 is 9.47 Å². The summed E-state index contributed by atoms with van der Waals surface area (Å²) in [6, 6.07) is 0. The monoisotopic (exact) mass is 304 g/mol.